The third kappa shape index (κ3) is 2.99. The number of likely N-dealkylation sites (N-methyl/N-ethyl adjacent to an activating group) is 1. The van der Waals surface area contributed by atoms with Crippen molar-refractivity contribution in [2.75, 3.05) is 25.1 Å². The van der Waals surface area contributed by atoms with Crippen molar-refractivity contribution in [2.45, 2.75) is 32.0 Å². The summed E-state index contributed by atoms with van der Waals surface area (Å²) in [5, 5.41) is 9.76. The molecule has 1 N–H and O–H groups in total. The highest BCUT2D eigenvalue weighted by Gasteiger charge is 2.19. The van der Waals surface area contributed by atoms with Crippen LogP contribution in [0.1, 0.15) is 31.4 Å². The van der Waals surface area contributed by atoms with E-state index in [1.54, 1.807) is 6.92 Å². The molecule has 3 nitrogen and oxygen atoms in total. The van der Waals surface area contributed by atoms with Crippen molar-refractivity contribution in [2.24, 2.45) is 0 Å². The minimum absolute atomic E-state index is 0.335. The number of ether oxygens (including phenoxy) is 1. The maximum atomic E-state index is 9.76. The van der Waals surface area contributed by atoms with Crippen LogP contribution in [-0.2, 0) is 4.74 Å². The van der Waals surface area contributed by atoms with Gasteiger partial charge in [0.2, 0.25) is 0 Å². The fraction of sp³-hybridized carbons (Fsp3) is 0.571. The molecular weight excluding hydrogens is 214 g/mol. The molecule has 0 aliphatic carbocycles. The highest BCUT2D eigenvalue weighted by molar-refractivity contribution is 5.54. The first-order valence-electron chi connectivity index (χ1n) is 6.28. The largest absolute Gasteiger partial charge is 0.389 e. The van der Waals surface area contributed by atoms with Gasteiger partial charge in [-0.25, -0.2) is 0 Å². The number of hydrogen-bond acceptors (Lipinski definition) is 3. The van der Waals surface area contributed by atoms with Crippen LogP contribution in [0.25, 0.3) is 0 Å². The highest BCUT2D eigenvalue weighted by Crippen LogP contribution is 2.26. The van der Waals surface area contributed by atoms with E-state index in [-0.39, 0.29) is 0 Å². The van der Waals surface area contributed by atoms with Crippen LogP contribution in [0.2, 0.25) is 0 Å². The molecule has 1 saturated heterocycles. The quantitative estimate of drug-likeness (QED) is 0.869. The Labute approximate surface area is 103 Å². The Bertz CT molecular complexity index is 359. The van der Waals surface area contributed by atoms with Crippen LogP contribution in [0.4, 0.5) is 5.69 Å². The Kier molecular flexibility index (Phi) is 4.02. The van der Waals surface area contributed by atoms with E-state index in [4.69, 9.17) is 4.74 Å². The minimum atomic E-state index is -0.432. The first kappa shape index (κ1) is 12.4. The summed E-state index contributed by atoms with van der Waals surface area (Å²) in [6.07, 6.45) is 2.21. The average Bonchev–Trinajstić information content (AvgIpc) is 2.81. The molecule has 0 aromatic heterocycles. The standard InChI is InChI=1S/C14H21NO2/c1-11(16)13-7-3-4-8-14(13)15(2)10-12-6-5-9-17-12/h3-4,7-8,11-12,16H,5-6,9-10H2,1-2H3/t11-,12?/m0/s1. The molecule has 0 spiro atoms. The van der Waals surface area contributed by atoms with Crippen LogP contribution in [0, 0.1) is 0 Å². The topological polar surface area (TPSA) is 32.7 Å². The number of anilines is 1. The fourth-order valence-corrected chi connectivity index (χ4v) is 2.38. The van der Waals surface area contributed by atoms with Gasteiger partial charge in [0.15, 0.2) is 0 Å². The number of aliphatic hydroxyl groups excluding tert-OH is 1. The average molecular weight is 235 g/mol. The first-order chi connectivity index (χ1) is 8.18. The molecule has 1 aromatic rings. The van der Waals surface area contributed by atoms with Gasteiger partial charge in [-0.2, -0.15) is 0 Å². The van der Waals surface area contributed by atoms with Gasteiger partial charge in [-0.15, -0.1) is 0 Å². The predicted octanol–water partition coefficient (Wildman–Crippen LogP) is 2.36. The minimum Gasteiger partial charge on any atom is -0.389 e. The summed E-state index contributed by atoms with van der Waals surface area (Å²) < 4.78 is 5.64. The van der Waals surface area contributed by atoms with Crippen molar-refractivity contribution in [3.05, 3.63) is 29.8 Å². The van der Waals surface area contributed by atoms with Crippen LogP contribution in [0.5, 0.6) is 0 Å². The Balaban J connectivity index is 2.09. The maximum absolute atomic E-state index is 9.76. The molecular formula is C14H21NO2. The van der Waals surface area contributed by atoms with Gasteiger partial charge in [0, 0.05) is 31.5 Å². The summed E-state index contributed by atoms with van der Waals surface area (Å²) in [6.45, 7) is 3.58. The van der Waals surface area contributed by atoms with E-state index >= 15 is 0 Å². The highest BCUT2D eigenvalue weighted by atomic mass is 16.5. The zero-order chi connectivity index (χ0) is 12.3. The van der Waals surface area contributed by atoms with Gasteiger partial charge < -0.3 is 14.7 Å². The molecule has 17 heavy (non-hydrogen) atoms. The van der Waals surface area contributed by atoms with Gasteiger partial charge in [0.1, 0.15) is 0 Å². The van der Waals surface area contributed by atoms with Gasteiger partial charge in [-0.05, 0) is 25.8 Å². The lowest BCUT2D eigenvalue weighted by Gasteiger charge is -2.26. The lowest BCUT2D eigenvalue weighted by Crippen LogP contribution is -2.29. The summed E-state index contributed by atoms with van der Waals surface area (Å²) in [5.41, 5.74) is 2.07. The number of nitrogens with zero attached hydrogens (tertiary/aromatic N) is 1. The van der Waals surface area contributed by atoms with Gasteiger partial charge in [0.05, 0.1) is 12.2 Å². The molecule has 94 valence electrons. The predicted molar refractivity (Wildman–Crippen MR) is 69.3 cm³/mol. The van der Waals surface area contributed by atoms with Crippen molar-refractivity contribution in [1.82, 2.24) is 0 Å². The van der Waals surface area contributed by atoms with E-state index in [1.807, 2.05) is 18.2 Å². The number of aliphatic hydroxyl groups is 1. The molecule has 3 heteroatoms. The first-order valence-corrected chi connectivity index (χ1v) is 6.28. The summed E-state index contributed by atoms with van der Waals surface area (Å²) >= 11 is 0. The molecule has 1 heterocycles. The van der Waals surface area contributed by atoms with Gasteiger partial charge in [0.25, 0.3) is 0 Å². The molecule has 0 radical (unpaired) electrons. The van der Waals surface area contributed by atoms with Crippen LogP contribution < -0.4 is 4.90 Å². The summed E-state index contributed by atoms with van der Waals surface area (Å²) in [6, 6.07) is 8.00. The Morgan fingerprint density at radius 1 is 1.47 bits per heavy atom. The molecule has 0 amide bonds. The zero-order valence-electron chi connectivity index (χ0n) is 10.6. The van der Waals surface area contributed by atoms with E-state index in [9.17, 15) is 5.11 Å². The third-order valence-electron chi connectivity index (χ3n) is 3.30. The van der Waals surface area contributed by atoms with Crippen molar-refractivity contribution < 1.29 is 9.84 Å². The number of hydrogen-bond donors (Lipinski definition) is 1. The van der Waals surface area contributed by atoms with Crippen molar-refractivity contribution in [3.8, 4) is 0 Å². The molecule has 1 fully saturated rings. The Hall–Kier alpha value is -1.06. The van der Waals surface area contributed by atoms with Crippen molar-refractivity contribution in [3.63, 3.8) is 0 Å². The van der Waals surface area contributed by atoms with Crippen LogP contribution in [0.3, 0.4) is 0 Å². The summed E-state index contributed by atoms with van der Waals surface area (Å²) in [7, 11) is 2.06. The normalized spacial score (nSPS) is 21.5. The molecule has 1 aliphatic heterocycles. The third-order valence-corrected chi connectivity index (χ3v) is 3.30. The number of rotatable bonds is 4. The summed E-state index contributed by atoms with van der Waals surface area (Å²) in [5.74, 6) is 0. The lowest BCUT2D eigenvalue weighted by molar-refractivity contribution is 0.116. The zero-order valence-corrected chi connectivity index (χ0v) is 10.6. The second kappa shape index (κ2) is 5.52. The molecule has 0 saturated carbocycles. The molecule has 2 rings (SSSR count). The monoisotopic (exact) mass is 235 g/mol. The van der Waals surface area contributed by atoms with E-state index in [2.05, 4.69) is 18.0 Å². The number of para-hydroxylation sites is 1. The van der Waals surface area contributed by atoms with E-state index < -0.39 is 6.10 Å². The fourth-order valence-electron chi connectivity index (χ4n) is 2.38. The van der Waals surface area contributed by atoms with Gasteiger partial charge in [-0.1, -0.05) is 18.2 Å². The maximum Gasteiger partial charge on any atom is 0.0781 e. The molecule has 1 aliphatic rings. The van der Waals surface area contributed by atoms with Crippen molar-refractivity contribution in [1.29, 1.82) is 0 Å². The smallest absolute Gasteiger partial charge is 0.0781 e. The van der Waals surface area contributed by atoms with Crippen LogP contribution in [0.15, 0.2) is 24.3 Å². The van der Waals surface area contributed by atoms with Gasteiger partial charge in [-0.3, -0.25) is 0 Å². The molecule has 1 unspecified atom stereocenters. The number of benzene rings is 1. The SMILES string of the molecule is C[C@H](O)c1ccccc1N(C)CC1CCCO1. The molecule has 0 bridgehead atoms. The Morgan fingerprint density at radius 2 is 2.24 bits per heavy atom. The Morgan fingerprint density at radius 3 is 2.88 bits per heavy atom. The van der Waals surface area contributed by atoms with Crippen LogP contribution in [-0.4, -0.2) is 31.4 Å². The summed E-state index contributed by atoms with van der Waals surface area (Å²) in [4.78, 5) is 2.18. The van der Waals surface area contributed by atoms with E-state index in [0.717, 1.165) is 37.2 Å². The van der Waals surface area contributed by atoms with Crippen LogP contribution >= 0.6 is 0 Å². The van der Waals surface area contributed by atoms with Crippen molar-refractivity contribution >= 4 is 5.69 Å². The lowest BCUT2D eigenvalue weighted by atomic mass is 10.1. The molecule has 1 aromatic carbocycles. The molecule has 2 atom stereocenters. The van der Waals surface area contributed by atoms with E-state index in [1.165, 1.54) is 0 Å². The second-order valence-corrected chi connectivity index (χ2v) is 4.75. The van der Waals surface area contributed by atoms with E-state index in [0.29, 0.717) is 6.10 Å². The van der Waals surface area contributed by atoms with Gasteiger partial charge >= 0.3 is 0 Å². The second-order valence-electron chi connectivity index (χ2n) is 4.75.